The van der Waals surface area contributed by atoms with Crippen LogP contribution in [-0.4, -0.2) is 71.9 Å². The zero-order valence-electron chi connectivity index (χ0n) is 15.9. The van der Waals surface area contributed by atoms with Crippen LogP contribution in [0.1, 0.15) is 15.9 Å². The molecule has 2 amide bonds. The first kappa shape index (κ1) is 18.2. The van der Waals surface area contributed by atoms with Crippen molar-refractivity contribution in [2.24, 2.45) is 0 Å². The quantitative estimate of drug-likeness (QED) is 0.817. The van der Waals surface area contributed by atoms with Gasteiger partial charge in [0.1, 0.15) is 11.6 Å². The van der Waals surface area contributed by atoms with Gasteiger partial charge in [0.15, 0.2) is 0 Å². The number of anilines is 3. The number of carbonyl (C=O) groups excluding carboxylic acids is 2. The lowest BCUT2D eigenvalue weighted by Crippen LogP contribution is -2.47. The first-order valence-corrected chi connectivity index (χ1v) is 9.12. The van der Waals surface area contributed by atoms with Gasteiger partial charge in [-0.2, -0.15) is 4.98 Å². The summed E-state index contributed by atoms with van der Waals surface area (Å²) in [6.45, 7) is 3.14. The molecule has 2 N–H and O–H groups in total. The maximum atomic E-state index is 12.9. The van der Waals surface area contributed by atoms with Gasteiger partial charge in [-0.1, -0.05) is 0 Å². The van der Waals surface area contributed by atoms with Crippen LogP contribution in [0.4, 0.5) is 17.5 Å². The molecule has 9 nitrogen and oxygen atoms in total. The van der Waals surface area contributed by atoms with Crippen molar-refractivity contribution in [2.75, 3.05) is 51.0 Å². The lowest BCUT2D eigenvalue weighted by Gasteiger charge is -2.32. The fraction of sp³-hybridized carbons (Fsp3) is 0.368. The van der Waals surface area contributed by atoms with Gasteiger partial charge in [0.2, 0.25) is 11.9 Å². The average molecular weight is 382 g/mol. The van der Waals surface area contributed by atoms with E-state index in [0.717, 1.165) is 18.7 Å². The highest BCUT2D eigenvalue weighted by Crippen LogP contribution is 2.29. The number of nitrogens with one attached hydrogen (secondary N) is 2. The molecule has 2 aliphatic heterocycles. The predicted octanol–water partition coefficient (Wildman–Crippen LogP) is 1.11. The second kappa shape index (κ2) is 7.43. The number of rotatable bonds is 4. The summed E-state index contributed by atoms with van der Waals surface area (Å²) in [6.07, 6.45) is 1.90. The summed E-state index contributed by atoms with van der Waals surface area (Å²) in [5, 5.41) is 5.80. The molecule has 1 fully saturated rings. The van der Waals surface area contributed by atoms with Crippen LogP contribution in [-0.2, 0) is 11.2 Å². The highest BCUT2D eigenvalue weighted by Gasteiger charge is 2.22. The van der Waals surface area contributed by atoms with Crippen molar-refractivity contribution in [2.45, 2.75) is 6.42 Å². The van der Waals surface area contributed by atoms with E-state index >= 15 is 0 Å². The highest BCUT2D eigenvalue weighted by molar-refractivity contribution is 5.98. The van der Waals surface area contributed by atoms with E-state index in [0.29, 0.717) is 41.9 Å². The monoisotopic (exact) mass is 382 g/mol. The van der Waals surface area contributed by atoms with E-state index < -0.39 is 0 Å². The summed E-state index contributed by atoms with van der Waals surface area (Å²) in [4.78, 5) is 37.0. The Morgan fingerprint density at radius 1 is 1.25 bits per heavy atom. The van der Waals surface area contributed by atoms with Crippen LogP contribution >= 0.6 is 0 Å². The summed E-state index contributed by atoms with van der Waals surface area (Å²) >= 11 is 0. The number of amides is 2. The molecule has 9 heteroatoms. The molecule has 28 heavy (non-hydrogen) atoms. The zero-order chi connectivity index (χ0) is 19.7. The summed E-state index contributed by atoms with van der Waals surface area (Å²) in [6, 6.07) is 5.25. The summed E-state index contributed by atoms with van der Waals surface area (Å²) in [5.74, 6) is 1.29. The molecule has 1 aromatic heterocycles. The number of aromatic nitrogens is 2. The molecule has 0 saturated carbocycles. The van der Waals surface area contributed by atoms with Gasteiger partial charge in [-0.3, -0.25) is 9.59 Å². The van der Waals surface area contributed by atoms with Crippen molar-refractivity contribution in [1.29, 1.82) is 0 Å². The second-order valence-electron chi connectivity index (χ2n) is 6.93. The third kappa shape index (κ3) is 3.61. The number of carbonyl (C=O) groups is 2. The van der Waals surface area contributed by atoms with Gasteiger partial charge in [-0.15, -0.1) is 0 Å². The minimum absolute atomic E-state index is 0.0130. The van der Waals surface area contributed by atoms with Crippen LogP contribution in [0.5, 0.6) is 5.75 Å². The fourth-order valence-corrected chi connectivity index (χ4v) is 3.31. The van der Waals surface area contributed by atoms with Crippen molar-refractivity contribution >= 4 is 29.3 Å². The Labute approximate surface area is 162 Å². The molecule has 2 aromatic rings. The number of benzene rings is 1. The normalized spacial score (nSPS) is 16.5. The third-order valence-electron chi connectivity index (χ3n) is 4.96. The van der Waals surface area contributed by atoms with Gasteiger partial charge in [0, 0.05) is 43.5 Å². The van der Waals surface area contributed by atoms with Gasteiger partial charge in [-0.25, -0.2) is 4.98 Å². The largest absolute Gasteiger partial charge is 0.495 e. The van der Waals surface area contributed by atoms with E-state index in [2.05, 4.69) is 32.5 Å². The Bertz CT molecular complexity index is 924. The van der Waals surface area contributed by atoms with Crippen molar-refractivity contribution < 1.29 is 14.3 Å². The maximum absolute atomic E-state index is 12.9. The number of fused-ring (bicyclic) bond motifs is 1. The minimum Gasteiger partial charge on any atom is -0.495 e. The number of hydrogen-bond acceptors (Lipinski definition) is 7. The minimum atomic E-state index is -0.0983. The van der Waals surface area contributed by atoms with Crippen LogP contribution < -0.4 is 15.4 Å². The van der Waals surface area contributed by atoms with E-state index in [1.165, 1.54) is 0 Å². The smallest absolute Gasteiger partial charge is 0.254 e. The Balaban J connectivity index is 1.56. The van der Waals surface area contributed by atoms with E-state index in [1.54, 1.807) is 31.5 Å². The standard InChI is InChI=1S/C19H22N6O3/c1-24-5-7-25(8-6-24)18(27)12-3-4-15(28-2)14(9-12)21-19-20-11-13-10-16(26)22-17(13)23-19/h3-4,9,11H,5-8,10H2,1-2H3,(H2,20,21,22,23,26). The second-order valence-corrected chi connectivity index (χ2v) is 6.93. The number of likely N-dealkylation sites (N-methyl/N-ethyl adjacent to an activating group) is 1. The summed E-state index contributed by atoms with van der Waals surface area (Å²) in [7, 11) is 3.61. The van der Waals surface area contributed by atoms with Crippen LogP contribution in [0.3, 0.4) is 0 Å². The Kier molecular flexibility index (Phi) is 4.82. The molecule has 0 radical (unpaired) electrons. The van der Waals surface area contributed by atoms with E-state index in [1.807, 2.05) is 4.90 Å². The molecule has 0 spiro atoms. The third-order valence-corrected chi connectivity index (χ3v) is 4.96. The van der Waals surface area contributed by atoms with Crippen LogP contribution in [0.15, 0.2) is 24.4 Å². The molecule has 0 bridgehead atoms. The van der Waals surface area contributed by atoms with Gasteiger partial charge in [-0.05, 0) is 25.2 Å². The van der Waals surface area contributed by atoms with E-state index in [4.69, 9.17) is 4.74 Å². The average Bonchev–Trinajstić information content (AvgIpc) is 3.07. The van der Waals surface area contributed by atoms with E-state index in [9.17, 15) is 9.59 Å². The van der Waals surface area contributed by atoms with Crippen molar-refractivity contribution in [3.63, 3.8) is 0 Å². The first-order chi connectivity index (χ1) is 13.5. The lowest BCUT2D eigenvalue weighted by molar-refractivity contribution is -0.115. The molecule has 1 saturated heterocycles. The van der Waals surface area contributed by atoms with Gasteiger partial charge >= 0.3 is 0 Å². The topological polar surface area (TPSA) is 99.7 Å². The predicted molar refractivity (Wildman–Crippen MR) is 104 cm³/mol. The van der Waals surface area contributed by atoms with Gasteiger partial charge in [0.25, 0.3) is 5.91 Å². The Morgan fingerprint density at radius 3 is 2.79 bits per heavy atom. The molecule has 0 atom stereocenters. The van der Waals surface area contributed by atoms with E-state index in [-0.39, 0.29) is 18.2 Å². The number of hydrogen-bond donors (Lipinski definition) is 2. The molecule has 3 heterocycles. The SMILES string of the molecule is COc1ccc(C(=O)N2CCN(C)CC2)cc1Nc1ncc2c(n1)NC(=O)C2. The van der Waals surface area contributed by atoms with Gasteiger partial charge in [0.05, 0.1) is 19.2 Å². The number of ether oxygens (including phenoxy) is 1. The number of methoxy groups -OCH3 is 1. The first-order valence-electron chi connectivity index (χ1n) is 9.12. The maximum Gasteiger partial charge on any atom is 0.254 e. The number of piperazine rings is 1. The van der Waals surface area contributed by atoms with Crippen LogP contribution in [0, 0.1) is 0 Å². The molecule has 4 rings (SSSR count). The molecule has 0 aliphatic carbocycles. The van der Waals surface area contributed by atoms with Crippen molar-refractivity contribution in [3.8, 4) is 5.75 Å². The van der Waals surface area contributed by atoms with Crippen LogP contribution in [0.2, 0.25) is 0 Å². The zero-order valence-corrected chi connectivity index (χ0v) is 15.9. The lowest BCUT2D eigenvalue weighted by atomic mass is 10.1. The molecule has 2 aliphatic rings. The molecular formula is C19H22N6O3. The van der Waals surface area contributed by atoms with Crippen LogP contribution in [0.25, 0.3) is 0 Å². The molecular weight excluding hydrogens is 360 g/mol. The highest BCUT2D eigenvalue weighted by atomic mass is 16.5. The molecule has 1 aromatic carbocycles. The van der Waals surface area contributed by atoms with Gasteiger partial charge < -0.3 is 25.2 Å². The summed E-state index contributed by atoms with van der Waals surface area (Å²) in [5.41, 5.74) is 1.93. The van der Waals surface area contributed by atoms with Crippen molar-refractivity contribution in [1.82, 2.24) is 19.8 Å². The number of nitrogens with zero attached hydrogens (tertiary/aromatic N) is 4. The molecule has 146 valence electrons. The van der Waals surface area contributed by atoms with Crippen molar-refractivity contribution in [3.05, 3.63) is 35.5 Å². The molecule has 0 unspecified atom stereocenters. The summed E-state index contributed by atoms with van der Waals surface area (Å²) < 4.78 is 5.40. The Morgan fingerprint density at radius 2 is 2.04 bits per heavy atom. The Hall–Kier alpha value is -3.20. The fourth-order valence-electron chi connectivity index (χ4n) is 3.31.